The molecule has 0 amide bonds. The molecule has 1 saturated heterocycles. The molecule has 1 heterocycles. The molecule has 3 atom stereocenters. The molecule has 0 aliphatic carbocycles. The van der Waals surface area contributed by atoms with Gasteiger partial charge in [-0.3, -0.25) is 0 Å². The Bertz CT molecular complexity index is 548. The summed E-state index contributed by atoms with van der Waals surface area (Å²) in [6, 6.07) is 21.1. The van der Waals surface area contributed by atoms with E-state index in [-0.39, 0.29) is 18.1 Å². The molecule has 2 aromatic rings. The van der Waals surface area contributed by atoms with Crippen molar-refractivity contribution in [1.29, 1.82) is 0 Å². The standard InChI is InChI=1S/C20H25NO2/c1-2-21-17-13-19(23-14-18(17)22)20(15-9-5-3-6-10-15)16-11-7-4-8-12-16/h3-12,17-22H,2,13-14H2,1H3/t17?,18-,19?/m1/s1. The number of aliphatic hydroxyl groups is 1. The zero-order chi connectivity index (χ0) is 16.1. The molecular formula is C20H25NO2. The van der Waals surface area contributed by atoms with Crippen molar-refractivity contribution in [2.75, 3.05) is 13.2 Å². The monoisotopic (exact) mass is 311 g/mol. The quantitative estimate of drug-likeness (QED) is 0.892. The van der Waals surface area contributed by atoms with E-state index in [0.29, 0.717) is 6.61 Å². The minimum absolute atomic E-state index is 0.0623. The van der Waals surface area contributed by atoms with Gasteiger partial charge in [0.25, 0.3) is 0 Å². The molecule has 3 heteroatoms. The Balaban J connectivity index is 1.90. The summed E-state index contributed by atoms with van der Waals surface area (Å²) >= 11 is 0. The van der Waals surface area contributed by atoms with Crippen LogP contribution in [-0.2, 0) is 4.74 Å². The lowest BCUT2D eigenvalue weighted by Gasteiger charge is -2.38. The van der Waals surface area contributed by atoms with Crippen molar-refractivity contribution in [3.05, 3.63) is 71.8 Å². The summed E-state index contributed by atoms with van der Waals surface area (Å²) in [5, 5.41) is 13.5. The molecule has 2 unspecified atom stereocenters. The first-order valence-corrected chi connectivity index (χ1v) is 8.42. The van der Waals surface area contributed by atoms with Gasteiger partial charge in [-0.2, -0.15) is 0 Å². The van der Waals surface area contributed by atoms with Gasteiger partial charge in [-0.1, -0.05) is 67.6 Å². The highest BCUT2D eigenvalue weighted by Gasteiger charge is 2.35. The summed E-state index contributed by atoms with van der Waals surface area (Å²) in [6.45, 7) is 3.32. The fourth-order valence-corrected chi connectivity index (χ4v) is 3.47. The number of benzene rings is 2. The third-order valence-corrected chi connectivity index (χ3v) is 4.59. The maximum absolute atomic E-state index is 10.2. The Morgan fingerprint density at radius 2 is 1.61 bits per heavy atom. The second-order valence-corrected chi connectivity index (χ2v) is 6.14. The predicted molar refractivity (Wildman–Crippen MR) is 92.6 cm³/mol. The van der Waals surface area contributed by atoms with Gasteiger partial charge in [-0.05, 0) is 24.1 Å². The zero-order valence-electron chi connectivity index (χ0n) is 13.6. The van der Waals surface area contributed by atoms with E-state index in [1.807, 2.05) is 12.1 Å². The van der Waals surface area contributed by atoms with Gasteiger partial charge in [-0.25, -0.2) is 0 Å². The number of hydrogen-bond acceptors (Lipinski definition) is 3. The van der Waals surface area contributed by atoms with E-state index >= 15 is 0 Å². The van der Waals surface area contributed by atoms with Gasteiger partial charge < -0.3 is 15.2 Å². The van der Waals surface area contributed by atoms with Crippen LogP contribution in [0.25, 0.3) is 0 Å². The van der Waals surface area contributed by atoms with E-state index in [1.165, 1.54) is 11.1 Å². The molecule has 0 saturated carbocycles. The minimum atomic E-state index is -0.432. The van der Waals surface area contributed by atoms with Crippen LogP contribution in [0.4, 0.5) is 0 Å². The Labute approximate surface area is 138 Å². The molecule has 0 radical (unpaired) electrons. The van der Waals surface area contributed by atoms with Crippen molar-refractivity contribution in [2.45, 2.75) is 37.5 Å². The fraction of sp³-hybridized carbons (Fsp3) is 0.400. The number of nitrogens with one attached hydrogen (secondary N) is 1. The molecule has 23 heavy (non-hydrogen) atoms. The highest BCUT2D eigenvalue weighted by molar-refractivity contribution is 5.34. The van der Waals surface area contributed by atoms with Crippen molar-refractivity contribution < 1.29 is 9.84 Å². The Morgan fingerprint density at radius 3 is 2.13 bits per heavy atom. The second kappa shape index (κ2) is 7.73. The molecule has 3 rings (SSSR count). The van der Waals surface area contributed by atoms with Crippen molar-refractivity contribution in [3.8, 4) is 0 Å². The molecule has 3 nitrogen and oxygen atoms in total. The molecule has 0 bridgehead atoms. The van der Waals surface area contributed by atoms with Gasteiger partial charge >= 0.3 is 0 Å². The average molecular weight is 311 g/mol. The SMILES string of the molecule is CCNC1CC(C(c2ccccc2)c2ccccc2)OC[C@H]1O. The number of hydrogen-bond donors (Lipinski definition) is 2. The van der Waals surface area contributed by atoms with Gasteiger partial charge in [0.1, 0.15) is 0 Å². The maximum atomic E-state index is 10.2. The van der Waals surface area contributed by atoms with Crippen LogP contribution < -0.4 is 5.32 Å². The predicted octanol–water partition coefficient (Wildman–Crippen LogP) is 2.95. The summed E-state index contributed by atoms with van der Waals surface area (Å²) in [5.41, 5.74) is 2.52. The zero-order valence-corrected chi connectivity index (χ0v) is 13.6. The van der Waals surface area contributed by atoms with E-state index in [9.17, 15) is 5.11 Å². The van der Waals surface area contributed by atoms with Gasteiger partial charge in [0.15, 0.2) is 0 Å². The molecule has 2 aromatic carbocycles. The van der Waals surface area contributed by atoms with Crippen LogP contribution in [0.5, 0.6) is 0 Å². The lowest BCUT2D eigenvalue weighted by atomic mass is 9.82. The smallest absolute Gasteiger partial charge is 0.0927 e. The molecule has 0 aromatic heterocycles. The largest absolute Gasteiger partial charge is 0.389 e. The van der Waals surface area contributed by atoms with E-state index in [2.05, 4.69) is 60.8 Å². The van der Waals surface area contributed by atoms with Crippen molar-refractivity contribution >= 4 is 0 Å². The minimum Gasteiger partial charge on any atom is -0.389 e. The molecule has 1 aliphatic heterocycles. The molecular weight excluding hydrogens is 286 g/mol. The number of rotatable bonds is 5. The number of ether oxygens (including phenoxy) is 1. The second-order valence-electron chi connectivity index (χ2n) is 6.14. The van der Waals surface area contributed by atoms with Crippen molar-refractivity contribution in [1.82, 2.24) is 5.32 Å². The lowest BCUT2D eigenvalue weighted by molar-refractivity contribution is -0.0784. The first-order valence-electron chi connectivity index (χ1n) is 8.42. The first kappa shape index (κ1) is 16.2. The first-order chi connectivity index (χ1) is 11.3. The van der Waals surface area contributed by atoms with Crippen LogP contribution in [0.15, 0.2) is 60.7 Å². The van der Waals surface area contributed by atoms with E-state index < -0.39 is 6.10 Å². The van der Waals surface area contributed by atoms with E-state index in [1.54, 1.807) is 0 Å². The number of likely N-dealkylation sites (N-methyl/N-ethyl adjacent to an activating group) is 1. The summed E-state index contributed by atoms with van der Waals surface area (Å²) in [4.78, 5) is 0. The fourth-order valence-electron chi connectivity index (χ4n) is 3.47. The highest BCUT2D eigenvalue weighted by atomic mass is 16.5. The van der Waals surface area contributed by atoms with Crippen LogP contribution >= 0.6 is 0 Å². The van der Waals surface area contributed by atoms with E-state index in [0.717, 1.165) is 13.0 Å². The van der Waals surface area contributed by atoms with Gasteiger partial charge in [0.2, 0.25) is 0 Å². The van der Waals surface area contributed by atoms with Gasteiger partial charge in [0, 0.05) is 12.0 Å². The van der Waals surface area contributed by atoms with Gasteiger partial charge in [-0.15, -0.1) is 0 Å². The van der Waals surface area contributed by atoms with Crippen LogP contribution in [0, 0.1) is 0 Å². The van der Waals surface area contributed by atoms with Crippen LogP contribution in [-0.4, -0.2) is 36.5 Å². The Hall–Kier alpha value is -1.68. The highest BCUT2D eigenvalue weighted by Crippen LogP contribution is 2.34. The molecule has 1 aliphatic rings. The van der Waals surface area contributed by atoms with Crippen LogP contribution in [0.3, 0.4) is 0 Å². The molecule has 1 fully saturated rings. The lowest BCUT2D eigenvalue weighted by Crippen LogP contribution is -2.50. The van der Waals surface area contributed by atoms with Crippen LogP contribution in [0.1, 0.15) is 30.4 Å². The molecule has 122 valence electrons. The summed E-state index contributed by atoms with van der Waals surface area (Å²) in [6.07, 6.45) is 0.439. The van der Waals surface area contributed by atoms with Gasteiger partial charge in [0.05, 0.1) is 18.8 Å². The normalized spacial score (nSPS) is 24.7. The molecule has 2 N–H and O–H groups in total. The third-order valence-electron chi connectivity index (χ3n) is 4.59. The van der Waals surface area contributed by atoms with Crippen molar-refractivity contribution in [3.63, 3.8) is 0 Å². The topological polar surface area (TPSA) is 41.5 Å². The Morgan fingerprint density at radius 1 is 1.04 bits per heavy atom. The Kier molecular flexibility index (Phi) is 5.44. The maximum Gasteiger partial charge on any atom is 0.0927 e. The summed E-state index contributed by atoms with van der Waals surface area (Å²) < 4.78 is 6.05. The van der Waals surface area contributed by atoms with Crippen LogP contribution in [0.2, 0.25) is 0 Å². The van der Waals surface area contributed by atoms with Crippen molar-refractivity contribution in [2.24, 2.45) is 0 Å². The third kappa shape index (κ3) is 3.81. The molecule has 0 spiro atoms. The summed E-state index contributed by atoms with van der Waals surface area (Å²) in [7, 11) is 0. The number of aliphatic hydroxyl groups excluding tert-OH is 1. The summed E-state index contributed by atoms with van der Waals surface area (Å²) in [5.74, 6) is 0.186. The average Bonchev–Trinajstić information content (AvgIpc) is 2.60. The van der Waals surface area contributed by atoms with E-state index in [4.69, 9.17) is 4.74 Å².